The summed E-state index contributed by atoms with van der Waals surface area (Å²) < 4.78 is 15.2. The minimum atomic E-state index is -0.0560. The van der Waals surface area contributed by atoms with Gasteiger partial charge in [0.05, 0.1) is 37.7 Å². The van der Waals surface area contributed by atoms with Crippen LogP contribution in [0.4, 0.5) is 0 Å². The second-order valence-electron chi connectivity index (χ2n) is 6.55. The van der Waals surface area contributed by atoms with Crippen LogP contribution in [0.5, 0.6) is 0 Å². The van der Waals surface area contributed by atoms with E-state index < -0.39 is 0 Å². The van der Waals surface area contributed by atoms with E-state index >= 15 is 0 Å². The fraction of sp³-hybridized carbons (Fsp3) is 0.211. The standard InChI is InChI=1S/C19H17N5O3S/c1-22-18(25)17-15(6-9-28-17)24-16(20-21-19(22)24)12-23(10-13-4-2-7-26-13)11-14-5-3-8-27-14/h2-9H,10-12H2,1H3. The molecule has 0 amide bonds. The summed E-state index contributed by atoms with van der Waals surface area (Å²) in [6.07, 6.45) is 3.33. The zero-order valence-electron chi connectivity index (χ0n) is 15.1. The first kappa shape index (κ1) is 17.0. The summed E-state index contributed by atoms with van der Waals surface area (Å²) in [5.74, 6) is 3.00. The van der Waals surface area contributed by atoms with Gasteiger partial charge >= 0.3 is 0 Å². The van der Waals surface area contributed by atoms with E-state index in [0.717, 1.165) is 22.9 Å². The summed E-state index contributed by atoms with van der Waals surface area (Å²) >= 11 is 1.43. The highest BCUT2D eigenvalue weighted by atomic mass is 32.1. The molecular weight excluding hydrogens is 378 g/mol. The number of hydrogen-bond acceptors (Lipinski definition) is 7. The molecular formula is C19H17N5O3S. The molecule has 8 nitrogen and oxygen atoms in total. The Hall–Kier alpha value is -3.17. The van der Waals surface area contributed by atoms with Gasteiger partial charge in [0.25, 0.3) is 5.56 Å². The number of furan rings is 2. The van der Waals surface area contributed by atoms with Gasteiger partial charge in [-0.2, -0.15) is 0 Å². The van der Waals surface area contributed by atoms with E-state index in [1.54, 1.807) is 24.1 Å². The van der Waals surface area contributed by atoms with Crippen LogP contribution in [0.3, 0.4) is 0 Å². The topological polar surface area (TPSA) is 81.7 Å². The maximum absolute atomic E-state index is 12.5. The monoisotopic (exact) mass is 395 g/mol. The Labute approximate surface area is 163 Å². The molecule has 28 heavy (non-hydrogen) atoms. The fourth-order valence-electron chi connectivity index (χ4n) is 3.37. The van der Waals surface area contributed by atoms with Crippen molar-refractivity contribution in [2.75, 3.05) is 0 Å². The van der Waals surface area contributed by atoms with E-state index in [0.29, 0.717) is 30.1 Å². The van der Waals surface area contributed by atoms with Crippen molar-refractivity contribution in [2.45, 2.75) is 19.6 Å². The van der Waals surface area contributed by atoms with Crippen LogP contribution in [0, 0.1) is 0 Å². The lowest BCUT2D eigenvalue weighted by molar-refractivity contribution is 0.204. The first-order valence-corrected chi connectivity index (χ1v) is 9.66. The minimum absolute atomic E-state index is 0.0560. The molecule has 0 N–H and O–H groups in total. The molecule has 0 spiro atoms. The third-order valence-corrected chi connectivity index (χ3v) is 5.57. The largest absolute Gasteiger partial charge is 0.468 e. The maximum Gasteiger partial charge on any atom is 0.272 e. The lowest BCUT2D eigenvalue weighted by atomic mass is 10.3. The van der Waals surface area contributed by atoms with Crippen LogP contribution in [0.15, 0.2) is 61.9 Å². The Bertz CT molecular complexity index is 1240. The molecule has 9 heteroatoms. The Balaban J connectivity index is 1.56. The summed E-state index contributed by atoms with van der Waals surface area (Å²) in [5.41, 5.74) is 0.776. The second kappa shape index (κ2) is 6.77. The van der Waals surface area contributed by atoms with E-state index in [-0.39, 0.29) is 5.56 Å². The van der Waals surface area contributed by atoms with Gasteiger partial charge in [0, 0.05) is 7.05 Å². The molecule has 0 aliphatic rings. The van der Waals surface area contributed by atoms with Gasteiger partial charge in [-0.05, 0) is 35.7 Å². The number of rotatable bonds is 6. The lowest BCUT2D eigenvalue weighted by Crippen LogP contribution is -2.24. The first-order valence-electron chi connectivity index (χ1n) is 8.78. The van der Waals surface area contributed by atoms with Crippen molar-refractivity contribution < 1.29 is 8.83 Å². The summed E-state index contributed by atoms with van der Waals surface area (Å²) in [5, 5.41) is 10.6. The van der Waals surface area contributed by atoms with Crippen molar-refractivity contribution in [2.24, 2.45) is 7.05 Å². The Morgan fingerprint density at radius 1 is 1.04 bits per heavy atom. The van der Waals surface area contributed by atoms with Crippen molar-refractivity contribution in [3.63, 3.8) is 0 Å². The molecule has 0 unspecified atom stereocenters. The van der Waals surface area contributed by atoms with Crippen LogP contribution in [0.1, 0.15) is 17.3 Å². The molecule has 5 heterocycles. The van der Waals surface area contributed by atoms with Crippen LogP contribution in [-0.4, -0.2) is 24.1 Å². The Morgan fingerprint density at radius 3 is 2.39 bits per heavy atom. The molecule has 0 fully saturated rings. The zero-order chi connectivity index (χ0) is 19.1. The van der Waals surface area contributed by atoms with Gasteiger partial charge in [-0.1, -0.05) is 0 Å². The molecule has 0 aromatic carbocycles. The third-order valence-electron chi connectivity index (χ3n) is 4.68. The highest BCUT2D eigenvalue weighted by Crippen LogP contribution is 2.21. The van der Waals surface area contributed by atoms with Crippen LogP contribution < -0.4 is 5.56 Å². The fourth-order valence-corrected chi connectivity index (χ4v) is 4.22. The van der Waals surface area contributed by atoms with Crippen molar-refractivity contribution in [1.29, 1.82) is 0 Å². The Morgan fingerprint density at radius 2 is 1.75 bits per heavy atom. The minimum Gasteiger partial charge on any atom is -0.468 e. The molecule has 5 aromatic rings. The molecule has 142 valence electrons. The normalized spacial score (nSPS) is 11.9. The molecule has 0 saturated heterocycles. The molecule has 0 radical (unpaired) electrons. The number of fused-ring (bicyclic) bond motifs is 3. The van der Waals surface area contributed by atoms with Crippen LogP contribution in [-0.2, 0) is 26.7 Å². The van der Waals surface area contributed by atoms with Gasteiger partial charge < -0.3 is 8.83 Å². The predicted octanol–water partition coefficient (Wildman–Crippen LogP) is 3.03. The second-order valence-corrected chi connectivity index (χ2v) is 7.47. The average molecular weight is 395 g/mol. The summed E-state index contributed by atoms with van der Waals surface area (Å²) in [7, 11) is 1.72. The van der Waals surface area contributed by atoms with Gasteiger partial charge in [-0.15, -0.1) is 21.5 Å². The molecule has 5 aromatic heterocycles. The van der Waals surface area contributed by atoms with Crippen molar-refractivity contribution in [1.82, 2.24) is 24.1 Å². The van der Waals surface area contributed by atoms with Gasteiger partial charge in [-0.3, -0.25) is 18.7 Å². The number of aromatic nitrogens is 4. The van der Waals surface area contributed by atoms with Crippen LogP contribution in [0.25, 0.3) is 16.0 Å². The van der Waals surface area contributed by atoms with Gasteiger partial charge in [0.1, 0.15) is 16.2 Å². The average Bonchev–Trinajstić information content (AvgIpc) is 3.46. The predicted molar refractivity (Wildman–Crippen MR) is 104 cm³/mol. The molecule has 5 rings (SSSR count). The van der Waals surface area contributed by atoms with Gasteiger partial charge in [0.2, 0.25) is 5.78 Å². The molecule has 0 saturated carbocycles. The SMILES string of the molecule is Cn1c(=O)c2sccc2n2c(CN(Cc3ccco3)Cc3ccco3)nnc12. The van der Waals surface area contributed by atoms with E-state index in [1.807, 2.05) is 40.1 Å². The van der Waals surface area contributed by atoms with Crippen LogP contribution in [0.2, 0.25) is 0 Å². The smallest absolute Gasteiger partial charge is 0.272 e. The third kappa shape index (κ3) is 2.85. The number of aryl methyl sites for hydroxylation is 1. The zero-order valence-corrected chi connectivity index (χ0v) is 15.9. The highest BCUT2D eigenvalue weighted by molar-refractivity contribution is 7.17. The Kier molecular flexibility index (Phi) is 4.10. The summed E-state index contributed by atoms with van der Waals surface area (Å²) in [6, 6.07) is 9.56. The van der Waals surface area contributed by atoms with E-state index in [1.165, 1.54) is 11.3 Å². The van der Waals surface area contributed by atoms with Crippen LogP contribution >= 0.6 is 11.3 Å². The van der Waals surface area contributed by atoms with E-state index in [2.05, 4.69) is 15.1 Å². The lowest BCUT2D eigenvalue weighted by Gasteiger charge is -2.19. The number of nitrogens with zero attached hydrogens (tertiary/aromatic N) is 5. The summed E-state index contributed by atoms with van der Waals surface area (Å²) in [6.45, 7) is 1.72. The van der Waals surface area contributed by atoms with E-state index in [9.17, 15) is 4.79 Å². The van der Waals surface area contributed by atoms with Gasteiger partial charge in [0.15, 0.2) is 5.82 Å². The highest BCUT2D eigenvalue weighted by Gasteiger charge is 2.19. The van der Waals surface area contributed by atoms with E-state index in [4.69, 9.17) is 8.83 Å². The first-order chi connectivity index (χ1) is 13.7. The number of hydrogen-bond donors (Lipinski definition) is 0. The molecule has 0 bridgehead atoms. The van der Waals surface area contributed by atoms with Crippen molar-refractivity contribution >= 4 is 27.3 Å². The quantitative estimate of drug-likeness (QED) is 0.440. The molecule has 0 atom stereocenters. The summed E-state index contributed by atoms with van der Waals surface area (Å²) in [4.78, 5) is 14.7. The molecule has 0 aliphatic carbocycles. The van der Waals surface area contributed by atoms with Gasteiger partial charge in [-0.25, -0.2) is 0 Å². The van der Waals surface area contributed by atoms with Crippen molar-refractivity contribution in [3.05, 3.63) is 75.9 Å². The van der Waals surface area contributed by atoms with Crippen molar-refractivity contribution in [3.8, 4) is 0 Å². The maximum atomic E-state index is 12.5. The number of thiophene rings is 1. The molecule has 0 aliphatic heterocycles.